The summed E-state index contributed by atoms with van der Waals surface area (Å²) < 4.78 is 91.3. The van der Waals surface area contributed by atoms with Crippen LogP contribution in [0.1, 0.15) is 6.23 Å². The normalized spacial score (nSPS) is 26.0. The van der Waals surface area contributed by atoms with Crippen molar-refractivity contribution in [3.05, 3.63) is 22.7 Å². The molecule has 0 spiro atoms. The summed E-state index contributed by atoms with van der Waals surface area (Å²) in [6.45, 7) is -2.11. The van der Waals surface area contributed by atoms with Crippen LogP contribution < -0.4 is 16.3 Å². The molecule has 2 heterocycles. The fourth-order valence-corrected chi connectivity index (χ4v) is 9.55. The molecule has 0 aliphatic carbocycles. The molecule has 24 nitrogen and oxygen atoms in total. The molecule has 0 bridgehead atoms. The van der Waals surface area contributed by atoms with Gasteiger partial charge in [-0.15, -0.1) is 0 Å². The summed E-state index contributed by atoms with van der Waals surface area (Å²) in [5.41, 5.74) is 4.32. The van der Waals surface area contributed by atoms with Gasteiger partial charge in [0.15, 0.2) is 6.23 Å². The molecule has 0 amide bonds. The largest absolute Gasteiger partial charge is 0.756 e. The summed E-state index contributed by atoms with van der Waals surface area (Å²) in [4.78, 5) is 64.1. The first-order chi connectivity index (χ1) is 19.2. The van der Waals surface area contributed by atoms with Crippen LogP contribution in [-0.2, 0) is 53.9 Å². The summed E-state index contributed by atoms with van der Waals surface area (Å²) in [6, 6.07) is 1.12. The Labute approximate surface area is 241 Å². The molecular weight excluding hydrogens is 699 g/mol. The molecule has 43 heavy (non-hydrogen) atoms. The maximum absolute atomic E-state index is 12.9. The highest BCUT2D eigenvalue weighted by atomic mass is 31.3. The van der Waals surface area contributed by atoms with E-state index in [9.17, 15) is 42.7 Å². The molecule has 1 fully saturated rings. The Balaban J connectivity index is 2.27. The van der Waals surface area contributed by atoms with E-state index < -0.39 is 82.6 Å². The van der Waals surface area contributed by atoms with Crippen molar-refractivity contribution in [2.75, 3.05) is 46.6 Å². The SMILES string of the molecule is C[N+](C)(C)CCOP(=O)(OP(=O)(O)O)OP(=O)([O-])OP(=O)(OC[C@H]1O[C@@H](n2ccc(N)nc2=O)C(O)C1O)OP(=O)(O)O. The average Bonchev–Trinajstić information content (AvgIpc) is 3.01. The lowest BCUT2D eigenvalue weighted by molar-refractivity contribution is -0.870. The minimum absolute atomic E-state index is 0.0695. The lowest BCUT2D eigenvalue weighted by Gasteiger charge is -2.30. The summed E-state index contributed by atoms with van der Waals surface area (Å²) in [7, 11) is -25.5. The molecule has 250 valence electrons. The molecule has 1 saturated heterocycles. The zero-order valence-electron chi connectivity index (χ0n) is 22.1. The van der Waals surface area contributed by atoms with Crippen LogP contribution in [0, 0.1) is 0 Å². The van der Waals surface area contributed by atoms with E-state index in [0.717, 1.165) is 12.3 Å². The van der Waals surface area contributed by atoms with Gasteiger partial charge in [-0.1, -0.05) is 0 Å². The number of aliphatic hydroxyl groups is 2. The summed E-state index contributed by atoms with van der Waals surface area (Å²) in [6.07, 6.45) is -6.38. The number of nitrogens with two attached hydrogens (primary N) is 1. The van der Waals surface area contributed by atoms with E-state index in [0.29, 0.717) is 4.57 Å². The number of nitrogens with zero attached hydrogens (tertiary/aromatic N) is 3. The Bertz CT molecular complexity index is 1440. The van der Waals surface area contributed by atoms with Gasteiger partial charge in [0.1, 0.15) is 37.3 Å². The van der Waals surface area contributed by atoms with Crippen LogP contribution in [0.25, 0.3) is 0 Å². The molecule has 29 heteroatoms. The zero-order chi connectivity index (χ0) is 33.2. The van der Waals surface area contributed by atoms with Crippen molar-refractivity contribution in [1.82, 2.24) is 9.55 Å². The Morgan fingerprint density at radius 1 is 0.953 bits per heavy atom. The predicted octanol–water partition coefficient (Wildman–Crippen LogP) is -1.88. The first-order valence-corrected chi connectivity index (χ1v) is 18.6. The number of aromatic nitrogens is 2. The second kappa shape index (κ2) is 13.9. The van der Waals surface area contributed by atoms with Crippen molar-refractivity contribution in [3.8, 4) is 0 Å². The van der Waals surface area contributed by atoms with Gasteiger partial charge in [-0.3, -0.25) is 18.2 Å². The third kappa shape index (κ3) is 12.9. The predicted molar refractivity (Wildman–Crippen MR) is 135 cm³/mol. The third-order valence-electron chi connectivity index (χ3n) is 4.68. The molecule has 1 aliphatic rings. The van der Waals surface area contributed by atoms with Gasteiger partial charge in [0.05, 0.1) is 27.7 Å². The fraction of sp³-hybridized carbons (Fsp3) is 0.714. The van der Waals surface area contributed by atoms with Crippen molar-refractivity contribution < 1.29 is 93.0 Å². The lowest BCUT2D eigenvalue weighted by Crippen LogP contribution is -2.37. The first-order valence-electron chi connectivity index (χ1n) is 11.2. The molecule has 1 aromatic heterocycles. The van der Waals surface area contributed by atoms with Crippen LogP contribution in [0.15, 0.2) is 17.1 Å². The number of nitrogen functional groups attached to an aromatic ring is 1. The summed E-state index contributed by atoms with van der Waals surface area (Å²) >= 11 is 0. The quantitative estimate of drug-likeness (QED) is 0.0723. The Morgan fingerprint density at radius 3 is 1.93 bits per heavy atom. The molecule has 7 atom stereocenters. The van der Waals surface area contributed by atoms with Crippen LogP contribution in [0.4, 0.5) is 5.82 Å². The smallest absolute Gasteiger partial charge is 0.490 e. The van der Waals surface area contributed by atoms with E-state index in [1.165, 1.54) is 0 Å². The van der Waals surface area contributed by atoms with E-state index in [4.69, 9.17) is 30.0 Å². The fourth-order valence-electron chi connectivity index (χ4n) is 2.95. The van der Waals surface area contributed by atoms with Gasteiger partial charge in [0.25, 0.3) is 7.82 Å². The monoisotopic (exact) mass is 728 g/mol. The van der Waals surface area contributed by atoms with Crippen LogP contribution in [0.2, 0.25) is 0 Å². The number of rotatable bonds is 16. The number of likely N-dealkylation sites (N-methyl/N-ethyl adjacent to an activating group) is 1. The van der Waals surface area contributed by atoms with Crippen molar-refractivity contribution >= 4 is 44.9 Å². The van der Waals surface area contributed by atoms with E-state index in [1.807, 2.05) is 0 Å². The number of ether oxygens (including phenoxy) is 1. The zero-order valence-corrected chi connectivity index (χ0v) is 26.6. The maximum Gasteiger partial charge on any atom is 0.490 e. The number of aliphatic hydroxyl groups excluding tert-OH is 2. The Morgan fingerprint density at radius 2 is 1.47 bits per heavy atom. The number of anilines is 1. The van der Waals surface area contributed by atoms with Crippen molar-refractivity contribution in [3.63, 3.8) is 0 Å². The Hall–Kier alpha value is -0.770. The van der Waals surface area contributed by atoms with Crippen LogP contribution in [0.3, 0.4) is 0 Å². The standard InChI is InChI=1S/C14H29N4O20P5/c1-18(2,3)6-7-32-42(30,35-39(22,23)24)37-41(28,29)38-43(31,36-40(25,26)27)33-8-9-11(19)12(20)13(34-9)17-5-4-10(15)16-14(17)21/h4-5,9,11-13,19-20H,6-8H2,1-3H3,(H6-,15,16,21,22,23,24,25,26,27,28,29)/t9-,11?,12?,13-,42?,43?/m1/s1. The van der Waals surface area contributed by atoms with Crippen LogP contribution >= 0.6 is 39.1 Å². The molecule has 5 unspecified atom stereocenters. The molecule has 8 N–H and O–H groups in total. The topological polar surface area (TPSA) is 355 Å². The van der Waals surface area contributed by atoms with Crippen LogP contribution in [-0.4, -0.2) is 103 Å². The van der Waals surface area contributed by atoms with Gasteiger partial charge >= 0.3 is 37.0 Å². The van der Waals surface area contributed by atoms with Gasteiger partial charge < -0.3 is 49.6 Å². The molecule has 0 radical (unpaired) electrons. The van der Waals surface area contributed by atoms with Crippen molar-refractivity contribution in [2.45, 2.75) is 24.5 Å². The van der Waals surface area contributed by atoms with Gasteiger partial charge in [-0.05, 0) is 6.07 Å². The number of quaternary nitrogens is 1. The number of hydrogen-bond donors (Lipinski definition) is 7. The van der Waals surface area contributed by atoms with E-state index in [2.05, 4.69) is 31.3 Å². The minimum Gasteiger partial charge on any atom is -0.756 e. The van der Waals surface area contributed by atoms with Gasteiger partial charge in [-0.2, -0.15) is 13.6 Å². The molecule has 1 aliphatic heterocycles. The van der Waals surface area contributed by atoms with Gasteiger partial charge in [0.2, 0.25) is 0 Å². The van der Waals surface area contributed by atoms with Crippen molar-refractivity contribution in [2.24, 2.45) is 0 Å². The molecule has 1 aromatic rings. The van der Waals surface area contributed by atoms with Gasteiger partial charge in [-0.25, -0.2) is 31.7 Å². The molecule has 0 saturated carbocycles. The summed E-state index contributed by atoms with van der Waals surface area (Å²) in [5.74, 6) is -0.208. The number of hydrogen-bond acceptors (Lipinski definition) is 18. The molecule has 2 rings (SSSR count). The van der Waals surface area contributed by atoms with E-state index >= 15 is 0 Å². The lowest BCUT2D eigenvalue weighted by atomic mass is 10.1. The highest BCUT2D eigenvalue weighted by Gasteiger charge is 2.49. The molecule has 0 aromatic carbocycles. The maximum atomic E-state index is 12.9. The highest BCUT2D eigenvalue weighted by molar-refractivity contribution is 7.71. The second-order valence-electron chi connectivity index (χ2n) is 9.38. The van der Waals surface area contributed by atoms with E-state index in [-0.39, 0.29) is 16.8 Å². The molecular formula is C14H29N4O20P5. The first kappa shape index (κ1) is 38.4. The third-order valence-corrected chi connectivity index (χ3v) is 12.1. The van der Waals surface area contributed by atoms with Crippen molar-refractivity contribution in [1.29, 1.82) is 0 Å². The van der Waals surface area contributed by atoms with Gasteiger partial charge in [0, 0.05) is 6.20 Å². The highest BCUT2D eigenvalue weighted by Crippen LogP contribution is 2.74. The van der Waals surface area contributed by atoms with E-state index in [1.54, 1.807) is 21.1 Å². The summed E-state index contributed by atoms with van der Waals surface area (Å²) in [5, 5.41) is 20.5. The van der Waals surface area contributed by atoms with Crippen LogP contribution in [0.5, 0.6) is 0 Å². The second-order valence-corrected chi connectivity index (χ2v) is 17.2. The average molecular weight is 728 g/mol. The minimum atomic E-state index is -6.53. The number of phosphoric acid groups is 5. The Kier molecular flexibility index (Phi) is 12.4.